The minimum atomic E-state index is -3.64. The van der Waals surface area contributed by atoms with Gasteiger partial charge in [0.15, 0.2) is 9.90 Å². The van der Waals surface area contributed by atoms with Crippen LogP contribution in [-0.2, 0) is 14.8 Å². The van der Waals surface area contributed by atoms with Crippen molar-refractivity contribution in [3.63, 3.8) is 0 Å². The Labute approximate surface area is 116 Å². The zero-order valence-electron chi connectivity index (χ0n) is 10.8. The van der Waals surface area contributed by atoms with Crippen molar-refractivity contribution in [2.45, 2.75) is 24.0 Å². The fourth-order valence-corrected chi connectivity index (χ4v) is 4.92. The van der Waals surface area contributed by atoms with Gasteiger partial charge in [-0.15, -0.1) is 11.3 Å². The van der Waals surface area contributed by atoms with Crippen LogP contribution in [0.4, 0.5) is 0 Å². The van der Waals surface area contributed by atoms with E-state index in [-0.39, 0.29) is 9.90 Å². The summed E-state index contributed by atoms with van der Waals surface area (Å²) in [5.41, 5.74) is 1.24. The number of thiazole rings is 1. The molecule has 106 valence electrons. The minimum Gasteiger partial charge on any atom is -0.464 e. The molecule has 1 fully saturated rings. The van der Waals surface area contributed by atoms with E-state index in [1.807, 2.05) is 6.92 Å². The molecule has 0 aliphatic carbocycles. The highest BCUT2D eigenvalue weighted by Gasteiger charge is 2.36. The van der Waals surface area contributed by atoms with Gasteiger partial charge in [0.25, 0.3) is 10.0 Å². The number of nitrogens with zero attached hydrogens (tertiary/aromatic N) is 2. The average Bonchev–Trinajstić information content (AvgIpc) is 3.06. The van der Waals surface area contributed by atoms with Gasteiger partial charge < -0.3 is 4.74 Å². The molecule has 8 heteroatoms. The van der Waals surface area contributed by atoms with E-state index in [1.165, 1.54) is 16.9 Å². The molecule has 0 radical (unpaired) electrons. The first-order valence-corrected chi connectivity index (χ1v) is 8.34. The molecule has 1 unspecified atom stereocenters. The van der Waals surface area contributed by atoms with Gasteiger partial charge in [-0.2, -0.15) is 4.31 Å². The van der Waals surface area contributed by atoms with Crippen LogP contribution in [-0.4, -0.2) is 43.9 Å². The van der Waals surface area contributed by atoms with E-state index in [9.17, 15) is 13.2 Å². The monoisotopic (exact) mass is 304 g/mol. The molecule has 1 atom stereocenters. The Morgan fingerprint density at radius 1 is 1.63 bits per heavy atom. The van der Waals surface area contributed by atoms with Crippen LogP contribution < -0.4 is 0 Å². The molecule has 1 saturated heterocycles. The van der Waals surface area contributed by atoms with E-state index >= 15 is 0 Å². The second-order valence-electron chi connectivity index (χ2n) is 4.41. The van der Waals surface area contributed by atoms with Gasteiger partial charge in [-0.25, -0.2) is 18.2 Å². The van der Waals surface area contributed by atoms with Crippen LogP contribution in [0.5, 0.6) is 0 Å². The predicted molar refractivity (Wildman–Crippen MR) is 70.6 cm³/mol. The third-order valence-corrected chi connectivity index (χ3v) is 6.53. The smallest absolute Gasteiger partial charge is 0.358 e. The standard InChI is InChI=1S/C11H16N2O4S2/c1-3-8-4-5-13(6-8)19(15,16)11-9(10(14)17-2)12-7-18-11/h7-8H,3-6H2,1-2H3. The van der Waals surface area contributed by atoms with Crippen molar-refractivity contribution in [2.75, 3.05) is 20.2 Å². The van der Waals surface area contributed by atoms with Gasteiger partial charge in [-0.1, -0.05) is 13.3 Å². The Morgan fingerprint density at radius 2 is 2.37 bits per heavy atom. The van der Waals surface area contributed by atoms with Gasteiger partial charge in [0.05, 0.1) is 12.6 Å². The Morgan fingerprint density at radius 3 is 2.95 bits per heavy atom. The topological polar surface area (TPSA) is 76.6 Å². The first-order valence-electron chi connectivity index (χ1n) is 6.02. The molecule has 19 heavy (non-hydrogen) atoms. The van der Waals surface area contributed by atoms with Crippen molar-refractivity contribution in [3.05, 3.63) is 11.2 Å². The maximum Gasteiger partial charge on any atom is 0.358 e. The van der Waals surface area contributed by atoms with Crippen LogP contribution in [0.25, 0.3) is 0 Å². The Balaban J connectivity index is 2.31. The molecule has 0 N–H and O–H groups in total. The largest absolute Gasteiger partial charge is 0.464 e. The number of esters is 1. The molecule has 6 nitrogen and oxygen atoms in total. The second-order valence-corrected chi connectivity index (χ2v) is 7.39. The fourth-order valence-electron chi connectivity index (χ4n) is 2.12. The zero-order valence-corrected chi connectivity index (χ0v) is 12.5. The number of carbonyl (C=O) groups is 1. The van der Waals surface area contributed by atoms with Crippen LogP contribution in [0.3, 0.4) is 0 Å². The first kappa shape index (κ1) is 14.4. The first-order chi connectivity index (χ1) is 9.00. The molecule has 1 aliphatic heterocycles. The lowest BCUT2D eigenvalue weighted by atomic mass is 10.1. The van der Waals surface area contributed by atoms with E-state index in [4.69, 9.17) is 0 Å². The number of sulfonamides is 1. The summed E-state index contributed by atoms with van der Waals surface area (Å²) < 4.78 is 30.9. The molecule has 2 heterocycles. The normalized spacial score (nSPS) is 20.6. The van der Waals surface area contributed by atoms with E-state index in [0.717, 1.165) is 24.2 Å². The summed E-state index contributed by atoms with van der Waals surface area (Å²) in [5.74, 6) is -0.324. The van der Waals surface area contributed by atoms with Crippen LogP contribution in [0, 0.1) is 5.92 Å². The third-order valence-electron chi connectivity index (χ3n) is 3.31. The van der Waals surface area contributed by atoms with Gasteiger partial charge in [-0.05, 0) is 12.3 Å². The summed E-state index contributed by atoms with van der Waals surface area (Å²) in [5, 5.41) is 0. The van der Waals surface area contributed by atoms with Gasteiger partial charge in [0.2, 0.25) is 0 Å². The number of hydrogen-bond acceptors (Lipinski definition) is 6. The Hall–Kier alpha value is -0.990. The number of methoxy groups -OCH3 is 1. The van der Waals surface area contributed by atoms with Gasteiger partial charge in [0, 0.05) is 13.1 Å². The van der Waals surface area contributed by atoms with Gasteiger partial charge in [-0.3, -0.25) is 0 Å². The highest BCUT2D eigenvalue weighted by molar-refractivity contribution is 7.91. The van der Waals surface area contributed by atoms with Crippen LogP contribution in [0.2, 0.25) is 0 Å². The maximum atomic E-state index is 12.5. The summed E-state index contributed by atoms with van der Waals surface area (Å²) in [6, 6.07) is 0. The number of carbonyl (C=O) groups excluding carboxylic acids is 1. The van der Waals surface area contributed by atoms with E-state index in [2.05, 4.69) is 9.72 Å². The predicted octanol–water partition coefficient (Wildman–Crippen LogP) is 1.35. The van der Waals surface area contributed by atoms with Crippen molar-refractivity contribution in [3.8, 4) is 0 Å². The second kappa shape index (κ2) is 5.56. The average molecular weight is 304 g/mol. The molecule has 0 bridgehead atoms. The lowest BCUT2D eigenvalue weighted by Crippen LogP contribution is -2.29. The SMILES string of the molecule is CCC1CCN(S(=O)(=O)c2scnc2C(=O)OC)C1. The molecular formula is C11H16N2O4S2. The Bertz CT molecular complexity index is 567. The summed E-state index contributed by atoms with van der Waals surface area (Å²) >= 11 is 0.954. The van der Waals surface area contributed by atoms with Crippen molar-refractivity contribution in [1.82, 2.24) is 9.29 Å². The van der Waals surface area contributed by atoms with Crippen molar-refractivity contribution < 1.29 is 17.9 Å². The van der Waals surface area contributed by atoms with E-state index in [1.54, 1.807) is 0 Å². The summed E-state index contributed by atoms with van der Waals surface area (Å²) in [6.45, 7) is 3.06. The molecule has 0 spiro atoms. The molecule has 1 aromatic heterocycles. The molecule has 1 aromatic rings. The number of ether oxygens (including phenoxy) is 1. The van der Waals surface area contributed by atoms with E-state index < -0.39 is 16.0 Å². The number of aromatic nitrogens is 1. The van der Waals surface area contributed by atoms with Crippen molar-refractivity contribution in [1.29, 1.82) is 0 Å². The van der Waals surface area contributed by atoms with Crippen molar-refractivity contribution in [2.24, 2.45) is 5.92 Å². The number of hydrogen-bond donors (Lipinski definition) is 0. The lowest BCUT2D eigenvalue weighted by molar-refractivity contribution is 0.0590. The molecule has 0 aromatic carbocycles. The molecule has 0 saturated carbocycles. The van der Waals surface area contributed by atoms with Crippen LogP contribution in [0.1, 0.15) is 30.3 Å². The zero-order chi connectivity index (χ0) is 14.0. The third kappa shape index (κ3) is 2.65. The van der Waals surface area contributed by atoms with Gasteiger partial charge >= 0.3 is 5.97 Å². The molecular weight excluding hydrogens is 288 g/mol. The highest BCUT2D eigenvalue weighted by atomic mass is 32.2. The summed E-state index contributed by atoms with van der Waals surface area (Å²) in [7, 11) is -2.43. The van der Waals surface area contributed by atoms with E-state index in [0.29, 0.717) is 19.0 Å². The van der Waals surface area contributed by atoms with Crippen LogP contribution in [0.15, 0.2) is 9.72 Å². The van der Waals surface area contributed by atoms with Crippen molar-refractivity contribution >= 4 is 27.3 Å². The Kier molecular flexibility index (Phi) is 4.22. The minimum absolute atomic E-state index is 0.0175. The summed E-state index contributed by atoms with van der Waals surface area (Å²) in [6.07, 6.45) is 1.82. The van der Waals surface area contributed by atoms with Gasteiger partial charge in [0.1, 0.15) is 0 Å². The number of rotatable bonds is 4. The van der Waals surface area contributed by atoms with Crippen LogP contribution >= 0.6 is 11.3 Å². The molecule has 1 aliphatic rings. The lowest BCUT2D eigenvalue weighted by Gasteiger charge is -2.15. The molecule has 0 amide bonds. The highest BCUT2D eigenvalue weighted by Crippen LogP contribution is 2.29. The fraction of sp³-hybridized carbons (Fsp3) is 0.636. The summed E-state index contributed by atoms with van der Waals surface area (Å²) in [4.78, 5) is 15.3. The quantitative estimate of drug-likeness (QED) is 0.785. The maximum absolute atomic E-state index is 12.5. The molecule has 2 rings (SSSR count).